The molecule has 4 rings (SSSR count). The normalized spacial score (nSPS) is 37.4. The molecule has 0 amide bonds. The molecule has 5 atom stereocenters. The van der Waals surface area contributed by atoms with E-state index in [1.165, 1.54) is 25.7 Å². The van der Waals surface area contributed by atoms with Crippen LogP contribution in [0.3, 0.4) is 0 Å². The molecule has 0 spiro atoms. The zero-order chi connectivity index (χ0) is 20.4. The van der Waals surface area contributed by atoms with Gasteiger partial charge in [0.1, 0.15) is 0 Å². The van der Waals surface area contributed by atoms with Crippen molar-refractivity contribution in [3.05, 3.63) is 28.1 Å². The number of piperidine rings is 2. The molecular weight excluding hydrogens is 438 g/mol. The fraction of sp³-hybridized carbons (Fsp3) is 0.792. The average Bonchev–Trinajstić information content (AvgIpc) is 2.82. The van der Waals surface area contributed by atoms with E-state index in [1.54, 1.807) is 0 Å². The molecule has 0 radical (unpaired) electrons. The Morgan fingerprint density at radius 1 is 0.645 bits per heavy atom. The van der Waals surface area contributed by atoms with Gasteiger partial charge in [-0.15, -0.1) is 25.7 Å². The van der Waals surface area contributed by atoms with Crippen LogP contribution in [0.1, 0.15) is 64.2 Å². The van der Waals surface area contributed by atoms with E-state index in [-0.39, 0.29) is 31.6 Å². The first-order chi connectivity index (χ1) is 14.8. The smallest absolute Gasteiger partial charge is 0.655 e. The van der Waals surface area contributed by atoms with Crippen LogP contribution < -0.4 is 0 Å². The Bertz CT molecular complexity index is 586. The molecule has 3 heterocycles. The number of hydrogen-bond donors (Lipinski definition) is 0. The van der Waals surface area contributed by atoms with E-state index in [2.05, 4.69) is 29.9 Å². The summed E-state index contributed by atoms with van der Waals surface area (Å²) in [5.41, 5.74) is 0. The third-order valence-electron chi connectivity index (χ3n) is 6.53. The molecule has 1 aliphatic carbocycles. The summed E-state index contributed by atoms with van der Waals surface area (Å²) < 4.78 is 0. The first kappa shape index (κ1) is 24.9. The molecule has 3 fully saturated rings. The van der Waals surface area contributed by atoms with Crippen molar-refractivity contribution in [1.29, 1.82) is 0 Å². The van der Waals surface area contributed by atoms with Gasteiger partial charge in [-0.25, -0.2) is 0 Å². The predicted octanol–water partition coefficient (Wildman–Crippen LogP) is 5.04. The van der Waals surface area contributed by atoms with Crippen LogP contribution in [0.5, 0.6) is 0 Å². The second-order valence-electron chi connectivity index (χ2n) is 9.12. The van der Waals surface area contributed by atoms with Crippen LogP contribution >= 0.6 is 0 Å². The number of nitrogens with zero attached hydrogens (tertiary/aromatic N) is 6. The Balaban J connectivity index is 0.00000272. The monoisotopic (exact) mass is 473 g/mol. The minimum atomic E-state index is 0. The van der Waals surface area contributed by atoms with Crippen LogP contribution in [0.2, 0.25) is 0 Å². The maximum absolute atomic E-state index is 4.97. The van der Waals surface area contributed by atoms with Gasteiger partial charge in [0.25, 0.3) is 0 Å². The van der Waals surface area contributed by atoms with Crippen molar-refractivity contribution in [2.24, 2.45) is 15.0 Å². The van der Waals surface area contributed by atoms with E-state index in [1.807, 2.05) is 6.21 Å². The van der Waals surface area contributed by atoms with Crippen molar-refractivity contribution >= 4 is 18.6 Å². The molecule has 0 aromatic rings. The summed E-state index contributed by atoms with van der Waals surface area (Å²) in [6.07, 6.45) is 22.1. The second-order valence-corrected chi connectivity index (χ2v) is 9.12. The average molecular weight is 475 g/mol. The van der Waals surface area contributed by atoms with Gasteiger partial charge in [-0.2, -0.15) is 0 Å². The molecular formula is C24H37N6Zn-. The Morgan fingerprint density at radius 3 is 1.65 bits per heavy atom. The molecule has 6 nitrogen and oxygen atoms in total. The summed E-state index contributed by atoms with van der Waals surface area (Å²) >= 11 is 0. The van der Waals surface area contributed by atoms with Crippen LogP contribution in [0, 0.1) is 0 Å². The van der Waals surface area contributed by atoms with Crippen molar-refractivity contribution in [2.75, 3.05) is 19.6 Å². The molecule has 1 saturated carbocycles. The van der Waals surface area contributed by atoms with Gasteiger partial charge >= 0.3 is 19.5 Å². The van der Waals surface area contributed by atoms with Crippen molar-refractivity contribution in [2.45, 2.75) is 100 Å². The van der Waals surface area contributed by atoms with Gasteiger partial charge in [-0.3, -0.25) is 15.0 Å². The van der Waals surface area contributed by atoms with Crippen LogP contribution in [0.25, 0.3) is 16.0 Å². The Morgan fingerprint density at radius 2 is 1.19 bits per heavy atom. The summed E-state index contributed by atoms with van der Waals surface area (Å²) in [6, 6.07) is 1.64. The fourth-order valence-electron chi connectivity index (χ4n) is 4.81. The zero-order valence-electron chi connectivity index (χ0n) is 18.9. The molecule has 7 heteroatoms. The van der Waals surface area contributed by atoms with E-state index in [4.69, 9.17) is 25.6 Å². The quantitative estimate of drug-likeness (QED) is 0.293. The Kier molecular flexibility index (Phi) is 11.0. The van der Waals surface area contributed by atoms with Gasteiger partial charge in [-0.1, -0.05) is 69.1 Å². The van der Waals surface area contributed by atoms with Crippen LogP contribution in [0.15, 0.2) is 27.1 Å². The molecule has 3 aliphatic heterocycles. The largest absolute Gasteiger partial charge is 2.00 e. The summed E-state index contributed by atoms with van der Waals surface area (Å²) in [5, 5.41) is 14.0. The third-order valence-corrected chi connectivity index (χ3v) is 6.53. The minimum absolute atomic E-state index is 0. The minimum Gasteiger partial charge on any atom is -0.655 e. The zero-order valence-corrected chi connectivity index (χ0v) is 21.9. The topological polar surface area (TPSA) is 79.4 Å². The SMILES string of the molecule is C1=CC(C=NC2CC(N=CC3CCCC[N-]3)CC(N=CC3CCCC[N-]3)C2)[N-]CC1.[Zn+2]. The van der Waals surface area contributed by atoms with Crippen molar-refractivity contribution in [1.82, 2.24) is 0 Å². The van der Waals surface area contributed by atoms with Gasteiger partial charge in [-0.05, 0) is 37.9 Å². The van der Waals surface area contributed by atoms with Crippen molar-refractivity contribution < 1.29 is 19.5 Å². The molecule has 0 aromatic carbocycles. The van der Waals surface area contributed by atoms with E-state index < -0.39 is 0 Å². The molecule has 31 heavy (non-hydrogen) atoms. The molecule has 4 aliphatic rings. The van der Waals surface area contributed by atoms with Gasteiger partial charge in [0, 0.05) is 0 Å². The van der Waals surface area contributed by atoms with E-state index >= 15 is 0 Å². The summed E-state index contributed by atoms with van der Waals surface area (Å²) in [6.45, 7) is 2.89. The molecule has 166 valence electrons. The number of rotatable bonds is 6. The number of aliphatic imine (C=N–C) groups is 3. The Labute approximate surface area is 201 Å². The van der Waals surface area contributed by atoms with Gasteiger partial charge in [0.2, 0.25) is 0 Å². The molecule has 2 saturated heterocycles. The van der Waals surface area contributed by atoms with Crippen LogP contribution in [-0.2, 0) is 19.5 Å². The van der Waals surface area contributed by atoms with Crippen LogP contribution in [0.4, 0.5) is 0 Å². The van der Waals surface area contributed by atoms with Gasteiger partial charge in [0.05, 0.1) is 18.1 Å². The third kappa shape index (κ3) is 8.60. The first-order valence-electron chi connectivity index (χ1n) is 12.1. The fourth-order valence-corrected chi connectivity index (χ4v) is 4.81. The summed E-state index contributed by atoms with van der Waals surface area (Å²) in [7, 11) is 0. The Hall–Kier alpha value is -0.747. The summed E-state index contributed by atoms with van der Waals surface area (Å²) in [5.74, 6) is 0. The van der Waals surface area contributed by atoms with Crippen molar-refractivity contribution in [3.63, 3.8) is 0 Å². The first-order valence-corrected chi connectivity index (χ1v) is 12.1. The molecule has 0 bridgehead atoms. The van der Waals surface area contributed by atoms with Crippen LogP contribution in [-0.4, -0.2) is 74.5 Å². The molecule has 0 N–H and O–H groups in total. The molecule has 5 unspecified atom stereocenters. The summed E-state index contributed by atoms with van der Waals surface area (Å²) in [4.78, 5) is 14.9. The van der Waals surface area contributed by atoms with Gasteiger partial charge in [0.15, 0.2) is 0 Å². The maximum Gasteiger partial charge on any atom is 2.00 e. The predicted molar refractivity (Wildman–Crippen MR) is 128 cm³/mol. The number of hydrogen-bond acceptors (Lipinski definition) is 3. The maximum atomic E-state index is 4.97. The van der Waals surface area contributed by atoms with E-state index in [0.717, 1.165) is 58.2 Å². The van der Waals surface area contributed by atoms with Gasteiger partial charge < -0.3 is 16.0 Å². The second kappa shape index (κ2) is 13.7. The molecule has 0 aromatic heterocycles. The standard InChI is InChI=1S/C24H37N6.Zn/c1-4-10-25-19(7-1)16-28-22-13-23(29-17-20-8-2-5-11-26-20)15-24(14-22)30-18-21-9-3-6-12-27-21;/h1,7,16-24H,2-6,8-15H2;/q-3;+2. The van der Waals surface area contributed by atoms with E-state index in [9.17, 15) is 0 Å². The van der Waals surface area contributed by atoms with E-state index in [0.29, 0.717) is 24.2 Å². The van der Waals surface area contributed by atoms with Crippen molar-refractivity contribution in [3.8, 4) is 0 Å².